The van der Waals surface area contributed by atoms with Crippen molar-refractivity contribution in [1.29, 1.82) is 0 Å². The number of hydrogen-bond acceptors (Lipinski definition) is 3. The molecule has 5 heteroatoms. The average molecular weight is 362 g/mol. The van der Waals surface area contributed by atoms with Crippen LogP contribution in [0.15, 0.2) is 36.4 Å². The second kappa shape index (κ2) is 8.77. The smallest absolute Gasteiger partial charge is 0.258 e. The Balaban J connectivity index is 1.97. The molecule has 4 nitrogen and oxygen atoms in total. The second-order valence-corrected chi connectivity index (χ2v) is 6.36. The van der Waals surface area contributed by atoms with Gasteiger partial charge >= 0.3 is 0 Å². The summed E-state index contributed by atoms with van der Waals surface area (Å²) < 4.78 is 10.8. The molecule has 2 aromatic carbocycles. The van der Waals surface area contributed by atoms with Crippen molar-refractivity contribution in [3.05, 3.63) is 58.1 Å². The maximum Gasteiger partial charge on any atom is 0.258 e. The number of carbonyl (C=O) groups is 1. The van der Waals surface area contributed by atoms with E-state index in [0.717, 1.165) is 28.9 Å². The summed E-state index contributed by atoms with van der Waals surface area (Å²) in [5, 5.41) is 3.69. The lowest BCUT2D eigenvalue weighted by molar-refractivity contribution is -0.123. The first-order valence-electron chi connectivity index (χ1n) is 8.27. The molecule has 0 saturated carbocycles. The van der Waals surface area contributed by atoms with Crippen molar-refractivity contribution in [2.75, 3.05) is 13.7 Å². The van der Waals surface area contributed by atoms with Crippen LogP contribution in [-0.2, 0) is 4.79 Å². The number of amides is 1. The van der Waals surface area contributed by atoms with Crippen molar-refractivity contribution in [3.63, 3.8) is 0 Å². The summed E-state index contributed by atoms with van der Waals surface area (Å²) in [5.74, 6) is 1.31. The minimum atomic E-state index is -0.159. The highest BCUT2D eigenvalue weighted by molar-refractivity contribution is 6.31. The van der Waals surface area contributed by atoms with Gasteiger partial charge in [-0.1, -0.05) is 30.7 Å². The summed E-state index contributed by atoms with van der Waals surface area (Å²) in [4.78, 5) is 12.2. The molecule has 0 heterocycles. The Morgan fingerprint density at radius 2 is 1.92 bits per heavy atom. The third-order valence-corrected chi connectivity index (χ3v) is 4.49. The van der Waals surface area contributed by atoms with Crippen LogP contribution in [0, 0.1) is 13.8 Å². The predicted molar refractivity (Wildman–Crippen MR) is 101 cm³/mol. The van der Waals surface area contributed by atoms with E-state index < -0.39 is 0 Å². The molecule has 1 amide bonds. The fourth-order valence-corrected chi connectivity index (χ4v) is 2.75. The second-order valence-electron chi connectivity index (χ2n) is 5.96. The average Bonchev–Trinajstić information content (AvgIpc) is 2.60. The number of rotatable bonds is 7. The zero-order valence-electron chi connectivity index (χ0n) is 15.1. The maximum absolute atomic E-state index is 12.2. The number of aryl methyl sites for hydroxylation is 2. The van der Waals surface area contributed by atoms with Crippen LogP contribution >= 0.6 is 11.6 Å². The first-order valence-corrected chi connectivity index (χ1v) is 8.65. The lowest BCUT2D eigenvalue weighted by atomic mass is 10.0. The van der Waals surface area contributed by atoms with E-state index in [-0.39, 0.29) is 18.6 Å². The first-order chi connectivity index (χ1) is 11.9. The van der Waals surface area contributed by atoms with Gasteiger partial charge in [0.25, 0.3) is 5.91 Å². The van der Waals surface area contributed by atoms with Crippen molar-refractivity contribution in [2.45, 2.75) is 33.2 Å². The molecule has 0 aliphatic heterocycles. The van der Waals surface area contributed by atoms with E-state index in [4.69, 9.17) is 21.1 Å². The molecule has 2 aromatic rings. The van der Waals surface area contributed by atoms with Crippen LogP contribution in [0.5, 0.6) is 11.5 Å². The summed E-state index contributed by atoms with van der Waals surface area (Å²) in [5.41, 5.74) is 3.01. The van der Waals surface area contributed by atoms with Gasteiger partial charge in [-0.3, -0.25) is 4.79 Å². The van der Waals surface area contributed by atoms with Crippen molar-refractivity contribution in [3.8, 4) is 11.5 Å². The van der Waals surface area contributed by atoms with Crippen molar-refractivity contribution in [2.24, 2.45) is 0 Å². The van der Waals surface area contributed by atoms with Crippen LogP contribution in [0.3, 0.4) is 0 Å². The van der Waals surface area contributed by atoms with Gasteiger partial charge in [0.15, 0.2) is 6.61 Å². The largest absolute Gasteiger partial charge is 0.496 e. The monoisotopic (exact) mass is 361 g/mol. The summed E-state index contributed by atoms with van der Waals surface area (Å²) in [7, 11) is 1.65. The van der Waals surface area contributed by atoms with Gasteiger partial charge in [0.2, 0.25) is 0 Å². The number of hydrogen-bond donors (Lipinski definition) is 1. The van der Waals surface area contributed by atoms with Crippen molar-refractivity contribution < 1.29 is 14.3 Å². The minimum Gasteiger partial charge on any atom is -0.496 e. The number of methoxy groups -OCH3 is 1. The van der Waals surface area contributed by atoms with Gasteiger partial charge < -0.3 is 14.8 Å². The molecule has 0 aromatic heterocycles. The molecule has 25 heavy (non-hydrogen) atoms. The molecule has 2 rings (SSSR count). The fraction of sp³-hybridized carbons (Fsp3) is 0.350. The Morgan fingerprint density at radius 1 is 1.16 bits per heavy atom. The zero-order chi connectivity index (χ0) is 18.4. The molecule has 0 aliphatic carbocycles. The maximum atomic E-state index is 12.2. The Bertz CT molecular complexity index is 746. The van der Waals surface area contributed by atoms with Crippen molar-refractivity contribution >= 4 is 17.5 Å². The Morgan fingerprint density at radius 3 is 2.52 bits per heavy atom. The summed E-state index contributed by atoms with van der Waals surface area (Å²) in [6.07, 6.45) is 0.789. The van der Waals surface area contributed by atoms with E-state index in [1.165, 1.54) is 0 Å². The van der Waals surface area contributed by atoms with E-state index in [2.05, 4.69) is 5.32 Å². The molecule has 134 valence electrons. The molecule has 0 unspecified atom stereocenters. The van der Waals surface area contributed by atoms with Gasteiger partial charge in [-0.05, 0) is 61.2 Å². The Hall–Kier alpha value is -2.20. The van der Waals surface area contributed by atoms with E-state index in [9.17, 15) is 4.79 Å². The van der Waals surface area contributed by atoms with Gasteiger partial charge in [0.1, 0.15) is 11.5 Å². The molecular formula is C20H24ClNO3. The third kappa shape index (κ3) is 5.13. The standard InChI is InChI=1S/C20H24ClNO3/c1-5-18(15-6-9-19(24-4)14(3)10-15)22-20(23)12-25-16-7-8-17(21)13(2)11-16/h6-11,18H,5,12H2,1-4H3,(H,22,23)/t18-/m0/s1. The number of carbonyl (C=O) groups excluding carboxylic acids is 1. The van der Waals surface area contributed by atoms with Gasteiger partial charge in [0.05, 0.1) is 13.2 Å². The van der Waals surface area contributed by atoms with Crippen LogP contribution in [0.4, 0.5) is 0 Å². The minimum absolute atomic E-state index is 0.0350. The first kappa shape index (κ1) is 19.1. The number of nitrogens with one attached hydrogen (secondary N) is 1. The Labute approximate surface area is 154 Å². The van der Waals surface area contributed by atoms with Crippen LogP contribution < -0.4 is 14.8 Å². The SMILES string of the molecule is CC[C@H](NC(=O)COc1ccc(Cl)c(C)c1)c1ccc(OC)c(C)c1. The van der Waals surface area contributed by atoms with Crippen LogP contribution in [0.25, 0.3) is 0 Å². The molecule has 0 bridgehead atoms. The molecule has 0 radical (unpaired) electrons. The van der Waals surface area contributed by atoms with Gasteiger partial charge in [-0.2, -0.15) is 0 Å². The van der Waals surface area contributed by atoms with Crippen LogP contribution in [0.1, 0.15) is 36.1 Å². The van der Waals surface area contributed by atoms with E-state index in [1.54, 1.807) is 19.2 Å². The van der Waals surface area contributed by atoms with Gasteiger partial charge in [-0.25, -0.2) is 0 Å². The number of halogens is 1. The highest BCUT2D eigenvalue weighted by Crippen LogP contribution is 2.24. The molecule has 0 aliphatic rings. The van der Waals surface area contributed by atoms with Crippen LogP contribution in [-0.4, -0.2) is 19.6 Å². The Kier molecular flexibility index (Phi) is 6.71. The quantitative estimate of drug-likeness (QED) is 0.783. The van der Waals surface area contributed by atoms with E-state index >= 15 is 0 Å². The van der Waals surface area contributed by atoms with Crippen molar-refractivity contribution in [1.82, 2.24) is 5.32 Å². The van der Waals surface area contributed by atoms with Crippen LogP contribution in [0.2, 0.25) is 5.02 Å². The van der Waals surface area contributed by atoms with Gasteiger partial charge in [0, 0.05) is 5.02 Å². The molecule has 0 spiro atoms. The topological polar surface area (TPSA) is 47.6 Å². The summed E-state index contributed by atoms with van der Waals surface area (Å²) in [6, 6.07) is 11.2. The lowest BCUT2D eigenvalue weighted by Gasteiger charge is -2.19. The highest BCUT2D eigenvalue weighted by Gasteiger charge is 2.14. The molecule has 0 fully saturated rings. The molecule has 1 N–H and O–H groups in total. The highest BCUT2D eigenvalue weighted by atomic mass is 35.5. The zero-order valence-corrected chi connectivity index (χ0v) is 15.8. The third-order valence-electron chi connectivity index (χ3n) is 4.06. The fourth-order valence-electron chi connectivity index (χ4n) is 2.63. The molecular weight excluding hydrogens is 338 g/mol. The number of ether oxygens (including phenoxy) is 2. The summed E-state index contributed by atoms with van der Waals surface area (Å²) in [6.45, 7) is 5.89. The predicted octanol–water partition coefficient (Wildman–Crippen LogP) is 4.61. The van der Waals surface area contributed by atoms with E-state index in [1.807, 2.05) is 45.0 Å². The molecule has 0 saturated heterocycles. The normalized spacial score (nSPS) is 11.7. The van der Waals surface area contributed by atoms with Gasteiger partial charge in [-0.15, -0.1) is 0 Å². The summed E-state index contributed by atoms with van der Waals surface area (Å²) >= 11 is 5.99. The number of benzene rings is 2. The molecule has 1 atom stereocenters. The lowest BCUT2D eigenvalue weighted by Crippen LogP contribution is -2.32. The van der Waals surface area contributed by atoms with E-state index in [0.29, 0.717) is 10.8 Å².